The number of furan rings is 1. The van der Waals surface area contributed by atoms with Crippen molar-refractivity contribution < 1.29 is 39.9 Å². The second-order valence-corrected chi connectivity index (χ2v) is 4.79. The molecule has 0 atom stereocenters. The first-order chi connectivity index (χ1) is 11.0. The lowest BCUT2D eigenvalue weighted by Gasteiger charge is -2.27. The number of morpholine rings is 1. The van der Waals surface area contributed by atoms with Crippen LogP contribution in [0.3, 0.4) is 0 Å². The summed E-state index contributed by atoms with van der Waals surface area (Å²) < 4.78 is 97.3. The van der Waals surface area contributed by atoms with Crippen LogP contribution in [0, 0.1) is 0 Å². The van der Waals surface area contributed by atoms with Gasteiger partial charge in [0, 0.05) is 19.2 Å². The summed E-state index contributed by atoms with van der Waals surface area (Å²) in [5.74, 6) is -6.01. The Morgan fingerprint density at radius 3 is 2.25 bits per heavy atom. The summed E-state index contributed by atoms with van der Waals surface area (Å²) in [6.07, 6.45) is -5.85. The van der Waals surface area contributed by atoms with Crippen LogP contribution in [0.2, 0.25) is 0 Å². The molecular formula is C12H12F7N3O2. The van der Waals surface area contributed by atoms with Crippen LogP contribution in [0.4, 0.5) is 36.6 Å². The maximum Gasteiger partial charge on any atom is 0.462 e. The topological polar surface area (TPSA) is 50.0 Å². The molecule has 1 aromatic rings. The summed E-state index contributed by atoms with van der Waals surface area (Å²) in [4.78, 5) is 1.78. The standard InChI is InChI=1S/C12H12F7N3O2/c13-10(14,11(15,16)17)12(18,19)21-20-7-8-1-2-9(24-8)22-3-5-23-6-4-22/h1-2,7,21H,3-6H2/b20-7+. The van der Waals surface area contributed by atoms with Gasteiger partial charge in [-0.2, -0.15) is 35.8 Å². The lowest BCUT2D eigenvalue weighted by Crippen LogP contribution is -2.58. The van der Waals surface area contributed by atoms with Crippen molar-refractivity contribution in [3.8, 4) is 0 Å². The van der Waals surface area contributed by atoms with Crippen LogP contribution in [0.5, 0.6) is 0 Å². The summed E-state index contributed by atoms with van der Waals surface area (Å²) in [5, 5.41) is 2.71. The van der Waals surface area contributed by atoms with E-state index in [9.17, 15) is 30.7 Å². The average molecular weight is 363 g/mol. The second kappa shape index (κ2) is 6.49. The maximum absolute atomic E-state index is 12.9. The van der Waals surface area contributed by atoms with Crippen LogP contribution in [-0.4, -0.2) is 50.7 Å². The van der Waals surface area contributed by atoms with E-state index in [1.54, 1.807) is 4.90 Å². The smallest absolute Gasteiger partial charge is 0.440 e. The third-order valence-electron chi connectivity index (χ3n) is 3.08. The molecule has 0 aliphatic carbocycles. The van der Waals surface area contributed by atoms with Crippen molar-refractivity contribution in [2.45, 2.75) is 18.1 Å². The molecule has 1 fully saturated rings. The Kier molecular flexibility index (Phi) is 4.97. The molecule has 0 radical (unpaired) electrons. The summed E-state index contributed by atoms with van der Waals surface area (Å²) >= 11 is 0. The first kappa shape index (κ1) is 18.4. The Morgan fingerprint density at radius 1 is 1.04 bits per heavy atom. The number of rotatable bonds is 5. The van der Waals surface area contributed by atoms with E-state index < -0.39 is 18.1 Å². The third-order valence-corrected chi connectivity index (χ3v) is 3.08. The number of halogens is 7. The molecule has 1 aliphatic heterocycles. The number of hydrogen-bond donors (Lipinski definition) is 1. The molecule has 24 heavy (non-hydrogen) atoms. The monoisotopic (exact) mass is 363 g/mol. The Balaban J connectivity index is 2.00. The van der Waals surface area contributed by atoms with Crippen LogP contribution < -0.4 is 10.3 Å². The van der Waals surface area contributed by atoms with Gasteiger partial charge in [0.05, 0.1) is 19.4 Å². The molecule has 0 aromatic carbocycles. The van der Waals surface area contributed by atoms with E-state index in [2.05, 4.69) is 5.10 Å². The largest absolute Gasteiger partial charge is 0.462 e. The SMILES string of the molecule is FC(F)(F)C(F)(F)C(F)(F)N/N=C/c1ccc(N2CCOCC2)o1. The van der Waals surface area contributed by atoms with Gasteiger partial charge in [-0.05, 0) is 6.07 Å². The molecular weight excluding hydrogens is 351 g/mol. The zero-order valence-electron chi connectivity index (χ0n) is 11.9. The van der Waals surface area contributed by atoms with Gasteiger partial charge in [0.1, 0.15) is 5.76 Å². The lowest BCUT2D eigenvalue weighted by atomic mass is 10.3. The fourth-order valence-electron chi connectivity index (χ4n) is 1.79. The van der Waals surface area contributed by atoms with Crippen molar-refractivity contribution in [2.75, 3.05) is 31.2 Å². The third kappa shape index (κ3) is 3.74. The summed E-state index contributed by atoms with van der Waals surface area (Å²) in [6.45, 7) is 1.98. The van der Waals surface area contributed by atoms with Gasteiger partial charge < -0.3 is 14.1 Å². The molecule has 1 N–H and O–H groups in total. The van der Waals surface area contributed by atoms with Crippen molar-refractivity contribution in [1.82, 2.24) is 5.43 Å². The quantitative estimate of drug-likeness (QED) is 0.378. The molecule has 0 spiro atoms. The number of hydrazone groups is 1. The fraction of sp³-hybridized carbons (Fsp3) is 0.583. The molecule has 0 unspecified atom stereocenters. The van der Waals surface area contributed by atoms with Crippen molar-refractivity contribution in [2.24, 2.45) is 5.10 Å². The van der Waals surface area contributed by atoms with E-state index >= 15 is 0 Å². The Labute approximate surface area is 131 Å². The van der Waals surface area contributed by atoms with Crippen molar-refractivity contribution in [3.63, 3.8) is 0 Å². The van der Waals surface area contributed by atoms with Crippen molar-refractivity contribution >= 4 is 12.1 Å². The number of alkyl halides is 7. The van der Waals surface area contributed by atoms with Gasteiger partial charge in [-0.3, -0.25) is 0 Å². The molecule has 136 valence electrons. The van der Waals surface area contributed by atoms with Gasteiger partial charge in [-0.25, -0.2) is 5.43 Å². The Morgan fingerprint density at radius 2 is 1.67 bits per heavy atom. The highest BCUT2D eigenvalue weighted by Crippen LogP contribution is 2.44. The van der Waals surface area contributed by atoms with Gasteiger partial charge in [0.2, 0.25) is 0 Å². The molecule has 5 nitrogen and oxygen atoms in total. The predicted octanol–water partition coefficient (Wildman–Crippen LogP) is 2.83. The minimum Gasteiger partial charge on any atom is -0.440 e. The van der Waals surface area contributed by atoms with E-state index in [1.807, 2.05) is 0 Å². The Hall–Kier alpha value is -1.98. The van der Waals surface area contributed by atoms with Crippen LogP contribution in [0.25, 0.3) is 0 Å². The van der Waals surface area contributed by atoms with E-state index in [-0.39, 0.29) is 5.76 Å². The molecule has 12 heteroatoms. The van der Waals surface area contributed by atoms with Crippen molar-refractivity contribution in [3.05, 3.63) is 17.9 Å². The number of ether oxygens (including phenoxy) is 1. The van der Waals surface area contributed by atoms with Gasteiger partial charge in [-0.15, -0.1) is 0 Å². The first-order valence-corrected chi connectivity index (χ1v) is 6.60. The molecule has 2 rings (SSSR count). The highest BCUT2D eigenvalue weighted by molar-refractivity contribution is 5.76. The van der Waals surface area contributed by atoms with Crippen molar-refractivity contribution in [1.29, 1.82) is 0 Å². The van der Waals surface area contributed by atoms with Crippen LogP contribution >= 0.6 is 0 Å². The van der Waals surface area contributed by atoms with E-state index in [4.69, 9.17) is 9.15 Å². The summed E-state index contributed by atoms with van der Waals surface area (Å²) in [6, 6.07) is -2.83. The Bertz CT molecular complexity index is 579. The number of nitrogens with one attached hydrogen (secondary N) is 1. The lowest BCUT2D eigenvalue weighted by molar-refractivity contribution is -0.361. The van der Waals surface area contributed by atoms with Crippen LogP contribution in [0.15, 0.2) is 21.7 Å². The zero-order valence-corrected chi connectivity index (χ0v) is 11.9. The highest BCUT2D eigenvalue weighted by Gasteiger charge is 2.73. The molecule has 1 aromatic heterocycles. The first-order valence-electron chi connectivity index (χ1n) is 6.60. The van der Waals surface area contributed by atoms with E-state index in [1.165, 1.54) is 12.1 Å². The predicted molar refractivity (Wildman–Crippen MR) is 68.4 cm³/mol. The fourth-order valence-corrected chi connectivity index (χ4v) is 1.79. The average Bonchev–Trinajstić information content (AvgIpc) is 2.95. The molecule has 0 amide bonds. The molecule has 2 heterocycles. The maximum atomic E-state index is 12.9. The second-order valence-electron chi connectivity index (χ2n) is 4.79. The molecule has 1 aliphatic rings. The van der Waals surface area contributed by atoms with Gasteiger partial charge >= 0.3 is 18.1 Å². The normalized spacial score (nSPS) is 17.5. The minimum absolute atomic E-state index is 0.102. The van der Waals surface area contributed by atoms with Crippen LogP contribution in [-0.2, 0) is 4.74 Å². The molecule has 1 saturated heterocycles. The van der Waals surface area contributed by atoms with Gasteiger partial charge in [0.25, 0.3) is 0 Å². The number of nitrogens with zero attached hydrogens (tertiary/aromatic N) is 2. The highest BCUT2D eigenvalue weighted by atomic mass is 19.4. The van der Waals surface area contributed by atoms with Crippen LogP contribution in [0.1, 0.15) is 5.76 Å². The zero-order chi connectivity index (χ0) is 18.0. The summed E-state index contributed by atoms with van der Waals surface area (Å²) in [7, 11) is 0. The molecule has 0 bridgehead atoms. The minimum atomic E-state index is -6.42. The van der Waals surface area contributed by atoms with E-state index in [0.29, 0.717) is 43.8 Å². The van der Waals surface area contributed by atoms with E-state index in [0.717, 1.165) is 0 Å². The number of anilines is 1. The van der Waals surface area contributed by atoms with Gasteiger partial charge in [-0.1, -0.05) is 0 Å². The summed E-state index contributed by atoms with van der Waals surface area (Å²) in [5.41, 5.74) is 0.516. The van der Waals surface area contributed by atoms with Gasteiger partial charge in [0.15, 0.2) is 5.88 Å². The number of hydrogen-bond acceptors (Lipinski definition) is 5. The molecule has 0 saturated carbocycles.